The van der Waals surface area contributed by atoms with Gasteiger partial charge in [0.15, 0.2) is 11.9 Å². The second-order valence-electron chi connectivity index (χ2n) is 6.36. The molecule has 1 aromatic carbocycles. The molecule has 0 N–H and O–H groups in total. The molecule has 0 bridgehead atoms. The van der Waals surface area contributed by atoms with Crippen LogP contribution in [0.2, 0.25) is 0 Å². The lowest BCUT2D eigenvalue weighted by Gasteiger charge is -2.10. The lowest BCUT2D eigenvalue weighted by molar-refractivity contribution is 0.102. The first-order chi connectivity index (χ1) is 13.4. The summed E-state index contributed by atoms with van der Waals surface area (Å²) in [5.41, 5.74) is 2.76. The molecule has 0 fully saturated rings. The standard InChI is InChI=1S/C20H22FN3O3S/c1-5-24-12(2)10-17(13(24)3)18(25)11-28-20-23-22-19(27-20)14(4)26-16-8-6-15(21)7-9-16/h6-10,14H,5,11H2,1-4H3/t14-/m1/s1. The average molecular weight is 403 g/mol. The third kappa shape index (κ3) is 4.44. The van der Waals surface area contributed by atoms with Gasteiger partial charge in [-0.25, -0.2) is 4.39 Å². The monoisotopic (exact) mass is 403 g/mol. The highest BCUT2D eigenvalue weighted by atomic mass is 32.2. The lowest BCUT2D eigenvalue weighted by Crippen LogP contribution is -2.05. The van der Waals surface area contributed by atoms with E-state index in [4.69, 9.17) is 9.15 Å². The Balaban J connectivity index is 1.60. The van der Waals surface area contributed by atoms with Crippen LogP contribution in [0, 0.1) is 19.7 Å². The lowest BCUT2D eigenvalue weighted by atomic mass is 10.2. The van der Waals surface area contributed by atoms with E-state index < -0.39 is 6.10 Å². The first kappa shape index (κ1) is 20.1. The molecule has 3 rings (SSSR count). The Morgan fingerprint density at radius 2 is 2.00 bits per heavy atom. The fraction of sp³-hybridized carbons (Fsp3) is 0.350. The fourth-order valence-corrected chi connectivity index (χ4v) is 3.64. The quantitative estimate of drug-likeness (QED) is 0.399. The van der Waals surface area contributed by atoms with E-state index in [1.807, 2.05) is 19.9 Å². The topological polar surface area (TPSA) is 70.2 Å². The van der Waals surface area contributed by atoms with Gasteiger partial charge >= 0.3 is 0 Å². The van der Waals surface area contributed by atoms with Gasteiger partial charge in [0, 0.05) is 23.5 Å². The Kier molecular flexibility index (Phi) is 6.18. The molecule has 3 aromatic rings. The molecular weight excluding hydrogens is 381 g/mol. The molecule has 0 saturated carbocycles. The number of aryl methyl sites for hydroxylation is 1. The zero-order valence-electron chi connectivity index (χ0n) is 16.2. The number of Topliss-reactive ketones (excluding diaryl/α,β-unsaturated/α-hetero) is 1. The van der Waals surface area contributed by atoms with Crippen molar-refractivity contribution in [2.75, 3.05) is 5.75 Å². The van der Waals surface area contributed by atoms with Crippen molar-refractivity contribution in [3.05, 3.63) is 59.0 Å². The van der Waals surface area contributed by atoms with Crippen molar-refractivity contribution < 1.29 is 18.3 Å². The maximum absolute atomic E-state index is 13.0. The molecule has 8 heteroatoms. The maximum Gasteiger partial charge on any atom is 0.277 e. The van der Waals surface area contributed by atoms with E-state index in [-0.39, 0.29) is 17.4 Å². The van der Waals surface area contributed by atoms with Crippen molar-refractivity contribution in [1.29, 1.82) is 0 Å². The van der Waals surface area contributed by atoms with Crippen molar-refractivity contribution in [2.24, 2.45) is 0 Å². The molecule has 6 nitrogen and oxygen atoms in total. The molecule has 0 aliphatic heterocycles. The molecule has 28 heavy (non-hydrogen) atoms. The zero-order chi connectivity index (χ0) is 20.3. The van der Waals surface area contributed by atoms with Gasteiger partial charge in [-0.1, -0.05) is 11.8 Å². The number of hydrogen-bond acceptors (Lipinski definition) is 6. The van der Waals surface area contributed by atoms with E-state index in [1.165, 1.54) is 36.0 Å². The highest BCUT2D eigenvalue weighted by molar-refractivity contribution is 7.99. The van der Waals surface area contributed by atoms with Crippen LogP contribution in [-0.2, 0) is 6.54 Å². The zero-order valence-corrected chi connectivity index (χ0v) is 17.0. The predicted molar refractivity (Wildman–Crippen MR) is 104 cm³/mol. The second-order valence-corrected chi connectivity index (χ2v) is 7.29. The number of hydrogen-bond donors (Lipinski definition) is 0. The summed E-state index contributed by atoms with van der Waals surface area (Å²) >= 11 is 1.20. The van der Waals surface area contributed by atoms with Crippen LogP contribution in [0.25, 0.3) is 0 Å². The normalized spacial score (nSPS) is 12.2. The molecular formula is C20H22FN3O3S. The van der Waals surface area contributed by atoms with Gasteiger partial charge in [-0.3, -0.25) is 4.79 Å². The van der Waals surface area contributed by atoms with E-state index in [9.17, 15) is 9.18 Å². The van der Waals surface area contributed by atoms with Crippen LogP contribution in [0.1, 0.15) is 47.6 Å². The van der Waals surface area contributed by atoms with Crippen LogP contribution in [0.3, 0.4) is 0 Å². The van der Waals surface area contributed by atoms with Crippen LogP contribution in [0.15, 0.2) is 40.0 Å². The van der Waals surface area contributed by atoms with Crippen molar-refractivity contribution >= 4 is 17.5 Å². The van der Waals surface area contributed by atoms with Gasteiger partial charge < -0.3 is 13.7 Å². The van der Waals surface area contributed by atoms with Crippen LogP contribution in [-0.4, -0.2) is 26.3 Å². The molecule has 0 spiro atoms. The molecule has 0 aliphatic carbocycles. The molecule has 0 amide bonds. The number of carbonyl (C=O) groups is 1. The summed E-state index contributed by atoms with van der Waals surface area (Å²) in [6.07, 6.45) is -0.494. The number of ketones is 1. The van der Waals surface area contributed by atoms with Gasteiger partial charge in [0.1, 0.15) is 11.6 Å². The molecule has 0 aliphatic rings. The van der Waals surface area contributed by atoms with Crippen LogP contribution >= 0.6 is 11.8 Å². The van der Waals surface area contributed by atoms with Gasteiger partial charge in [-0.15, -0.1) is 10.2 Å². The number of benzene rings is 1. The molecule has 0 saturated heterocycles. The highest BCUT2D eigenvalue weighted by Gasteiger charge is 2.19. The summed E-state index contributed by atoms with van der Waals surface area (Å²) in [5.74, 6) is 0.697. The van der Waals surface area contributed by atoms with Crippen molar-refractivity contribution in [3.63, 3.8) is 0 Å². The van der Waals surface area contributed by atoms with E-state index >= 15 is 0 Å². The molecule has 0 unspecified atom stereocenters. The van der Waals surface area contributed by atoms with Gasteiger partial charge in [-0.05, 0) is 58.0 Å². The molecule has 1 atom stereocenters. The third-order valence-electron chi connectivity index (χ3n) is 4.41. The van der Waals surface area contributed by atoms with E-state index in [0.29, 0.717) is 16.9 Å². The summed E-state index contributed by atoms with van der Waals surface area (Å²) in [6, 6.07) is 7.61. The largest absolute Gasteiger partial charge is 0.481 e. The van der Waals surface area contributed by atoms with Crippen LogP contribution < -0.4 is 4.74 Å². The van der Waals surface area contributed by atoms with E-state index in [0.717, 1.165) is 23.5 Å². The minimum absolute atomic E-state index is 0.0214. The van der Waals surface area contributed by atoms with Crippen molar-refractivity contribution in [1.82, 2.24) is 14.8 Å². The van der Waals surface area contributed by atoms with Gasteiger partial charge in [0.25, 0.3) is 11.1 Å². The third-order valence-corrected chi connectivity index (χ3v) is 5.23. The maximum atomic E-state index is 13.0. The van der Waals surface area contributed by atoms with E-state index in [1.54, 1.807) is 6.92 Å². The Hall–Kier alpha value is -2.61. The summed E-state index contributed by atoms with van der Waals surface area (Å²) in [4.78, 5) is 12.6. The first-order valence-electron chi connectivity index (χ1n) is 8.97. The summed E-state index contributed by atoms with van der Waals surface area (Å²) < 4.78 is 26.3. The van der Waals surface area contributed by atoms with Crippen molar-refractivity contribution in [2.45, 2.75) is 45.6 Å². The predicted octanol–water partition coefficient (Wildman–Crippen LogP) is 4.76. The summed E-state index contributed by atoms with van der Waals surface area (Å²) in [7, 11) is 0. The minimum Gasteiger partial charge on any atom is -0.481 e. The van der Waals surface area contributed by atoms with Crippen LogP contribution in [0.4, 0.5) is 4.39 Å². The Labute approximate surface area is 167 Å². The first-order valence-corrected chi connectivity index (χ1v) is 9.96. The van der Waals surface area contributed by atoms with Crippen LogP contribution in [0.5, 0.6) is 5.75 Å². The highest BCUT2D eigenvalue weighted by Crippen LogP contribution is 2.25. The number of nitrogens with zero attached hydrogens (tertiary/aromatic N) is 3. The van der Waals surface area contributed by atoms with Gasteiger partial charge in [0.05, 0.1) is 5.75 Å². The second kappa shape index (κ2) is 8.60. The van der Waals surface area contributed by atoms with Crippen molar-refractivity contribution in [3.8, 4) is 5.75 Å². The molecule has 2 aromatic heterocycles. The minimum atomic E-state index is -0.494. The smallest absolute Gasteiger partial charge is 0.277 e. The molecule has 0 radical (unpaired) electrons. The number of rotatable bonds is 8. The summed E-state index contributed by atoms with van der Waals surface area (Å²) in [5, 5.41) is 8.25. The fourth-order valence-electron chi connectivity index (χ4n) is 2.99. The molecule has 148 valence electrons. The SMILES string of the molecule is CCn1c(C)cc(C(=O)CSc2nnc([C@@H](C)Oc3ccc(F)cc3)o2)c1C. The number of halogens is 1. The Morgan fingerprint density at radius 3 is 2.64 bits per heavy atom. The van der Waals surface area contributed by atoms with Gasteiger partial charge in [-0.2, -0.15) is 0 Å². The number of carbonyl (C=O) groups excluding carboxylic acids is 1. The van der Waals surface area contributed by atoms with Gasteiger partial charge in [0.2, 0.25) is 0 Å². The average Bonchev–Trinajstić information content (AvgIpc) is 3.26. The number of ether oxygens (including phenoxy) is 1. The number of thioether (sulfide) groups is 1. The Bertz CT molecular complexity index is 966. The van der Waals surface area contributed by atoms with E-state index in [2.05, 4.69) is 21.7 Å². The summed E-state index contributed by atoms with van der Waals surface area (Å²) in [6.45, 7) is 8.59. The number of aromatic nitrogens is 3. The Morgan fingerprint density at radius 1 is 1.29 bits per heavy atom. The molecule has 2 heterocycles.